The van der Waals surface area contributed by atoms with Gasteiger partial charge in [0.25, 0.3) is 11.5 Å². The molecule has 0 saturated carbocycles. The molecule has 4 N–H and O–H groups in total. The van der Waals surface area contributed by atoms with Crippen molar-refractivity contribution in [3.05, 3.63) is 66.6 Å². The number of nitrogens with one attached hydrogen (secondary N) is 1. The van der Waals surface area contributed by atoms with Gasteiger partial charge in [-0.05, 0) is 65.2 Å². The number of benzene rings is 1. The molecule has 11 heteroatoms. The summed E-state index contributed by atoms with van der Waals surface area (Å²) < 4.78 is 8.23. The van der Waals surface area contributed by atoms with E-state index in [1.807, 2.05) is 13.8 Å². The maximum absolute atomic E-state index is 13.6. The number of nitrogens with zero attached hydrogens (tertiary/aromatic N) is 3. The number of carbonyl (C=O) groups is 1. The molecular formula is C25H28ClN5O5. The van der Waals surface area contributed by atoms with E-state index in [4.69, 9.17) is 22.1 Å². The second kappa shape index (κ2) is 9.02. The monoisotopic (exact) mass is 513 g/mol. The Hall–Kier alpha value is -3.79. The third-order valence-electron chi connectivity index (χ3n) is 6.52. The van der Waals surface area contributed by atoms with Crippen LogP contribution in [0.5, 0.6) is 11.5 Å². The molecule has 36 heavy (non-hydrogen) atoms. The zero-order chi connectivity index (χ0) is 26.5. The van der Waals surface area contributed by atoms with Gasteiger partial charge in [0.1, 0.15) is 33.8 Å². The van der Waals surface area contributed by atoms with E-state index in [9.17, 15) is 19.5 Å². The standard InChI is InChI=1S/C25H28ClN5O5/c1-6-30-23(34)18(21(27)31(24(30)35)14-7-8-16(26)28-11-14)29-22(33)17-13(3)19(32)12(2)15-9-10-25(4,5)36-20(15)17/h7-8,11,32H,6,9-10,27H2,1-5H3,(H,29,33). The fraction of sp³-hybridized carbons (Fsp3) is 0.360. The van der Waals surface area contributed by atoms with Crippen LogP contribution in [0.2, 0.25) is 5.15 Å². The number of ether oxygens (including phenoxy) is 1. The molecular weight excluding hydrogens is 486 g/mol. The first-order valence-electron chi connectivity index (χ1n) is 11.5. The fourth-order valence-corrected chi connectivity index (χ4v) is 4.58. The normalized spacial score (nSPS) is 14.2. The number of phenolic OH excluding ortho intramolecular Hbond substituents is 1. The Balaban J connectivity index is 1.90. The molecule has 3 aromatic rings. The number of nitrogen functional groups attached to an aromatic ring is 1. The Kier molecular flexibility index (Phi) is 6.34. The number of aromatic nitrogens is 3. The highest BCUT2D eigenvalue weighted by Gasteiger charge is 2.34. The Morgan fingerprint density at radius 3 is 2.58 bits per heavy atom. The first-order valence-corrected chi connectivity index (χ1v) is 11.9. The van der Waals surface area contributed by atoms with E-state index < -0.39 is 22.8 Å². The number of hydrogen-bond donors (Lipinski definition) is 3. The number of aromatic hydroxyl groups is 1. The summed E-state index contributed by atoms with van der Waals surface area (Å²) in [6.45, 7) is 8.89. The first-order chi connectivity index (χ1) is 16.9. The van der Waals surface area contributed by atoms with Crippen molar-refractivity contribution < 1.29 is 14.6 Å². The van der Waals surface area contributed by atoms with Crippen molar-refractivity contribution in [2.24, 2.45) is 0 Å². The molecule has 0 bridgehead atoms. The van der Waals surface area contributed by atoms with Crippen molar-refractivity contribution >= 4 is 29.0 Å². The number of rotatable bonds is 4. The van der Waals surface area contributed by atoms with Crippen LogP contribution in [0.15, 0.2) is 27.9 Å². The van der Waals surface area contributed by atoms with E-state index >= 15 is 0 Å². The molecule has 0 fully saturated rings. The van der Waals surface area contributed by atoms with Crippen LogP contribution in [0.4, 0.5) is 11.5 Å². The number of hydrogen-bond acceptors (Lipinski definition) is 7. The molecule has 10 nitrogen and oxygen atoms in total. The highest BCUT2D eigenvalue weighted by molar-refractivity contribution is 6.29. The van der Waals surface area contributed by atoms with Gasteiger partial charge >= 0.3 is 5.69 Å². The third kappa shape index (κ3) is 4.11. The van der Waals surface area contributed by atoms with Crippen molar-refractivity contribution in [2.45, 2.75) is 59.6 Å². The van der Waals surface area contributed by atoms with Crippen LogP contribution < -0.4 is 27.0 Å². The van der Waals surface area contributed by atoms with Crippen LogP contribution in [-0.2, 0) is 13.0 Å². The second-order valence-corrected chi connectivity index (χ2v) is 9.75. The van der Waals surface area contributed by atoms with E-state index in [1.165, 1.54) is 18.3 Å². The molecule has 4 rings (SSSR count). The van der Waals surface area contributed by atoms with E-state index in [0.717, 1.165) is 14.7 Å². The van der Waals surface area contributed by atoms with Crippen LogP contribution >= 0.6 is 11.6 Å². The van der Waals surface area contributed by atoms with E-state index in [-0.39, 0.29) is 40.2 Å². The van der Waals surface area contributed by atoms with Gasteiger partial charge in [-0.15, -0.1) is 0 Å². The summed E-state index contributed by atoms with van der Waals surface area (Å²) in [6.07, 6.45) is 2.66. The maximum atomic E-state index is 13.6. The lowest BCUT2D eigenvalue weighted by molar-refractivity contribution is 0.0805. The number of nitrogens with two attached hydrogens (primary N) is 1. The van der Waals surface area contributed by atoms with Crippen molar-refractivity contribution in [3.8, 4) is 17.2 Å². The van der Waals surface area contributed by atoms with Crippen LogP contribution in [0.25, 0.3) is 5.69 Å². The Morgan fingerprint density at radius 1 is 1.28 bits per heavy atom. The Morgan fingerprint density at radius 2 is 1.97 bits per heavy atom. The van der Waals surface area contributed by atoms with Gasteiger partial charge in [-0.1, -0.05) is 11.6 Å². The molecule has 0 saturated heterocycles. The summed E-state index contributed by atoms with van der Waals surface area (Å²) in [5.74, 6) is -0.613. The number of fused-ring (bicyclic) bond motifs is 1. The predicted octanol–water partition coefficient (Wildman–Crippen LogP) is 3.33. The molecule has 1 aliphatic heterocycles. The topological polar surface area (TPSA) is 141 Å². The second-order valence-electron chi connectivity index (χ2n) is 9.36. The number of amides is 1. The highest BCUT2D eigenvalue weighted by atomic mass is 35.5. The quantitative estimate of drug-likeness (QED) is 0.454. The molecule has 1 aliphatic rings. The lowest BCUT2D eigenvalue weighted by atomic mass is 9.87. The van der Waals surface area contributed by atoms with E-state index in [2.05, 4.69) is 10.3 Å². The minimum Gasteiger partial charge on any atom is -0.507 e. The SMILES string of the molecule is CCn1c(=O)c(NC(=O)c2c(C)c(O)c(C)c3c2OC(C)(C)CC3)c(N)n(-c2ccc(Cl)nc2)c1=O. The fourth-order valence-electron chi connectivity index (χ4n) is 4.46. The van der Waals surface area contributed by atoms with Gasteiger partial charge in [0.05, 0.1) is 17.4 Å². The van der Waals surface area contributed by atoms with Gasteiger partial charge in [-0.3, -0.25) is 14.2 Å². The first kappa shape index (κ1) is 25.3. The minimum absolute atomic E-state index is 0.0154. The maximum Gasteiger partial charge on any atom is 0.337 e. The summed E-state index contributed by atoms with van der Waals surface area (Å²) in [7, 11) is 0. The van der Waals surface area contributed by atoms with Gasteiger partial charge in [-0.25, -0.2) is 14.3 Å². The number of pyridine rings is 1. The number of halogens is 1. The van der Waals surface area contributed by atoms with Crippen molar-refractivity contribution in [2.75, 3.05) is 11.1 Å². The van der Waals surface area contributed by atoms with Crippen LogP contribution in [0.3, 0.4) is 0 Å². The smallest absolute Gasteiger partial charge is 0.337 e. The van der Waals surface area contributed by atoms with Gasteiger partial charge in [-0.2, -0.15) is 0 Å². The van der Waals surface area contributed by atoms with Gasteiger partial charge in [0.15, 0.2) is 0 Å². The average molecular weight is 514 g/mol. The van der Waals surface area contributed by atoms with Gasteiger partial charge in [0.2, 0.25) is 0 Å². The molecule has 0 aliphatic carbocycles. The van der Waals surface area contributed by atoms with Gasteiger partial charge in [0, 0.05) is 17.7 Å². The number of phenols is 1. The van der Waals surface area contributed by atoms with Crippen LogP contribution in [-0.4, -0.2) is 30.7 Å². The molecule has 0 radical (unpaired) electrons. The zero-order valence-electron chi connectivity index (χ0n) is 20.7. The third-order valence-corrected chi connectivity index (χ3v) is 6.75. The molecule has 2 aromatic heterocycles. The van der Waals surface area contributed by atoms with Crippen molar-refractivity contribution in [3.63, 3.8) is 0 Å². The average Bonchev–Trinajstić information content (AvgIpc) is 2.81. The van der Waals surface area contributed by atoms with E-state index in [1.54, 1.807) is 20.8 Å². The van der Waals surface area contributed by atoms with E-state index in [0.29, 0.717) is 29.7 Å². The van der Waals surface area contributed by atoms with Gasteiger partial charge < -0.3 is 20.9 Å². The molecule has 0 unspecified atom stereocenters. The van der Waals surface area contributed by atoms with Crippen LogP contribution in [0.1, 0.15) is 54.2 Å². The summed E-state index contributed by atoms with van der Waals surface area (Å²) in [5, 5.41) is 13.5. The highest BCUT2D eigenvalue weighted by Crippen LogP contribution is 2.43. The number of anilines is 2. The summed E-state index contributed by atoms with van der Waals surface area (Å²) >= 11 is 5.87. The lowest BCUT2D eigenvalue weighted by Crippen LogP contribution is -2.42. The van der Waals surface area contributed by atoms with Crippen LogP contribution in [0, 0.1) is 13.8 Å². The Bertz CT molecular complexity index is 1510. The molecule has 0 atom stereocenters. The Labute approximate surface area is 212 Å². The predicted molar refractivity (Wildman–Crippen MR) is 138 cm³/mol. The minimum atomic E-state index is -0.754. The zero-order valence-corrected chi connectivity index (χ0v) is 21.5. The number of carbonyl (C=O) groups excluding carboxylic acids is 1. The summed E-state index contributed by atoms with van der Waals surface area (Å²) in [5.41, 5.74) is 6.09. The van der Waals surface area contributed by atoms with Crippen molar-refractivity contribution in [1.82, 2.24) is 14.1 Å². The summed E-state index contributed by atoms with van der Waals surface area (Å²) in [6, 6.07) is 3.00. The molecule has 1 aromatic carbocycles. The molecule has 1 amide bonds. The largest absolute Gasteiger partial charge is 0.507 e. The molecule has 0 spiro atoms. The summed E-state index contributed by atoms with van der Waals surface area (Å²) in [4.78, 5) is 43.9. The molecule has 3 heterocycles. The lowest BCUT2D eigenvalue weighted by Gasteiger charge is -2.35. The molecule has 190 valence electrons. The van der Waals surface area contributed by atoms with Crippen molar-refractivity contribution in [1.29, 1.82) is 0 Å².